The van der Waals surface area contributed by atoms with Crippen LogP contribution >= 0.6 is 0 Å². The number of amides is 1. The zero-order valence-corrected chi connectivity index (χ0v) is 10.9. The Labute approximate surface area is 109 Å². The third kappa shape index (κ3) is 3.04. The first-order valence-corrected chi connectivity index (χ1v) is 5.78. The van der Waals surface area contributed by atoms with Gasteiger partial charge in [-0.15, -0.1) is 0 Å². The van der Waals surface area contributed by atoms with Gasteiger partial charge in [0.05, 0.1) is 0 Å². The van der Waals surface area contributed by atoms with Crippen LogP contribution in [0.5, 0.6) is 0 Å². The number of nitrogens with zero attached hydrogens (tertiary/aromatic N) is 2. The summed E-state index contributed by atoms with van der Waals surface area (Å²) in [5, 5.41) is 2.52. The number of aryl methyl sites for hydroxylation is 3. The first kappa shape index (κ1) is 12.9. The van der Waals surface area contributed by atoms with Gasteiger partial charge in [0.1, 0.15) is 5.56 Å². The van der Waals surface area contributed by atoms with Gasteiger partial charge >= 0.3 is 0 Å². The monoisotopic (exact) mass is 258 g/mol. The highest BCUT2D eigenvalue weighted by Gasteiger charge is 2.12. The van der Waals surface area contributed by atoms with Crippen LogP contribution in [0, 0.1) is 20.8 Å². The molecule has 0 saturated carbocycles. The van der Waals surface area contributed by atoms with Crippen molar-refractivity contribution in [2.24, 2.45) is 0 Å². The van der Waals surface area contributed by atoms with Gasteiger partial charge in [0.15, 0.2) is 5.43 Å². The summed E-state index contributed by atoms with van der Waals surface area (Å²) in [7, 11) is 0. The summed E-state index contributed by atoms with van der Waals surface area (Å²) in [5.41, 5.74) is 1.90. The van der Waals surface area contributed by atoms with Crippen molar-refractivity contribution in [2.45, 2.75) is 20.8 Å². The number of hydrogen-bond donors (Lipinski definition) is 2. The van der Waals surface area contributed by atoms with E-state index in [0.717, 1.165) is 11.4 Å². The highest BCUT2D eigenvalue weighted by molar-refractivity contribution is 6.03. The summed E-state index contributed by atoms with van der Waals surface area (Å²) >= 11 is 0. The number of carbonyl (C=O) groups is 1. The largest absolute Gasteiger partial charge is 0.364 e. The zero-order valence-electron chi connectivity index (χ0n) is 10.9. The smallest absolute Gasteiger partial charge is 0.263 e. The lowest BCUT2D eigenvalue weighted by Crippen LogP contribution is -2.22. The van der Waals surface area contributed by atoms with Gasteiger partial charge in [-0.1, -0.05) is 0 Å². The molecule has 2 rings (SSSR count). The summed E-state index contributed by atoms with van der Waals surface area (Å²) in [6.07, 6.45) is 1.38. The van der Waals surface area contributed by atoms with Crippen molar-refractivity contribution in [3.8, 4) is 0 Å². The van der Waals surface area contributed by atoms with Gasteiger partial charge in [-0.3, -0.25) is 14.9 Å². The molecule has 0 aliphatic rings. The first-order valence-electron chi connectivity index (χ1n) is 5.78. The van der Waals surface area contributed by atoms with Gasteiger partial charge in [0, 0.05) is 29.3 Å². The molecule has 6 heteroatoms. The summed E-state index contributed by atoms with van der Waals surface area (Å²) in [4.78, 5) is 34.7. The molecule has 6 nitrogen and oxygen atoms in total. The second kappa shape index (κ2) is 5.01. The Morgan fingerprint density at radius 1 is 1.16 bits per heavy atom. The van der Waals surface area contributed by atoms with E-state index >= 15 is 0 Å². The molecule has 0 spiro atoms. The fourth-order valence-corrected chi connectivity index (χ4v) is 1.70. The average molecular weight is 258 g/mol. The Bertz CT molecular complexity index is 671. The van der Waals surface area contributed by atoms with Crippen LogP contribution in [0.1, 0.15) is 27.4 Å². The molecule has 98 valence electrons. The maximum Gasteiger partial charge on any atom is 0.263 e. The van der Waals surface area contributed by atoms with Crippen molar-refractivity contribution < 1.29 is 4.79 Å². The zero-order chi connectivity index (χ0) is 14.0. The van der Waals surface area contributed by atoms with E-state index in [9.17, 15) is 9.59 Å². The van der Waals surface area contributed by atoms with E-state index in [0.29, 0.717) is 5.69 Å². The number of pyridine rings is 1. The lowest BCUT2D eigenvalue weighted by Gasteiger charge is -2.05. The number of carbonyl (C=O) groups excluding carboxylic acids is 1. The van der Waals surface area contributed by atoms with Crippen LogP contribution in [-0.2, 0) is 0 Å². The molecule has 0 atom stereocenters. The van der Waals surface area contributed by atoms with Crippen LogP contribution in [0.4, 0.5) is 5.95 Å². The third-order valence-corrected chi connectivity index (χ3v) is 2.51. The van der Waals surface area contributed by atoms with Gasteiger partial charge in [0.2, 0.25) is 5.95 Å². The van der Waals surface area contributed by atoms with Gasteiger partial charge in [-0.25, -0.2) is 9.97 Å². The minimum absolute atomic E-state index is 0.0355. The molecule has 2 heterocycles. The Hall–Kier alpha value is -2.50. The fraction of sp³-hybridized carbons (Fsp3) is 0.231. The number of hydrogen-bond acceptors (Lipinski definition) is 4. The Balaban J connectivity index is 2.28. The molecule has 0 unspecified atom stereocenters. The van der Waals surface area contributed by atoms with Crippen molar-refractivity contribution >= 4 is 11.9 Å². The van der Waals surface area contributed by atoms with E-state index in [1.54, 1.807) is 13.0 Å². The molecule has 0 radical (unpaired) electrons. The van der Waals surface area contributed by atoms with E-state index in [2.05, 4.69) is 20.3 Å². The van der Waals surface area contributed by atoms with Crippen molar-refractivity contribution in [1.29, 1.82) is 0 Å². The Morgan fingerprint density at radius 3 is 2.37 bits per heavy atom. The third-order valence-electron chi connectivity index (χ3n) is 2.51. The molecule has 0 saturated heterocycles. The van der Waals surface area contributed by atoms with E-state index in [1.807, 2.05) is 13.8 Å². The second-order valence-corrected chi connectivity index (χ2v) is 4.32. The van der Waals surface area contributed by atoms with Crippen LogP contribution in [0.2, 0.25) is 0 Å². The molecule has 0 aromatic carbocycles. The van der Waals surface area contributed by atoms with Crippen LogP contribution in [0.15, 0.2) is 23.1 Å². The number of rotatable bonds is 2. The van der Waals surface area contributed by atoms with Gasteiger partial charge in [0.25, 0.3) is 5.91 Å². The van der Waals surface area contributed by atoms with Crippen molar-refractivity contribution in [3.63, 3.8) is 0 Å². The lowest BCUT2D eigenvalue weighted by atomic mass is 10.2. The normalized spacial score (nSPS) is 10.3. The van der Waals surface area contributed by atoms with E-state index in [1.165, 1.54) is 12.3 Å². The summed E-state index contributed by atoms with van der Waals surface area (Å²) in [6.45, 7) is 5.36. The van der Waals surface area contributed by atoms with Crippen molar-refractivity contribution in [2.75, 3.05) is 5.32 Å². The highest BCUT2D eigenvalue weighted by Crippen LogP contribution is 2.05. The van der Waals surface area contributed by atoms with Gasteiger partial charge in [-0.2, -0.15) is 0 Å². The molecule has 2 N–H and O–H groups in total. The highest BCUT2D eigenvalue weighted by atomic mass is 16.2. The Kier molecular flexibility index (Phi) is 3.41. The minimum Gasteiger partial charge on any atom is -0.364 e. The topological polar surface area (TPSA) is 87.7 Å². The van der Waals surface area contributed by atoms with E-state index < -0.39 is 5.91 Å². The maximum atomic E-state index is 12.0. The van der Waals surface area contributed by atoms with Crippen LogP contribution in [0.25, 0.3) is 0 Å². The van der Waals surface area contributed by atoms with Crippen molar-refractivity contribution in [3.05, 3.63) is 51.2 Å². The number of aromatic nitrogens is 3. The van der Waals surface area contributed by atoms with E-state index in [-0.39, 0.29) is 16.9 Å². The standard InChI is InChI=1S/C13H14N4O2/c1-7-5-11(18)10(6-14-7)12(19)17-13-15-8(2)4-9(3)16-13/h4-6H,1-3H3,(H,14,18)(H,15,16,17,19). The summed E-state index contributed by atoms with van der Waals surface area (Å²) < 4.78 is 0. The maximum absolute atomic E-state index is 12.0. The molecular formula is C13H14N4O2. The molecule has 0 fully saturated rings. The van der Waals surface area contributed by atoms with Crippen molar-refractivity contribution in [1.82, 2.24) is 15.0 Å². The van der Waals surface area contributed by atoms with Crippen LogP contribution in [0.3, 0.4) is 0 Å². The number of aromatic amines is 1. The van der Waals surface area contributed by atoms with Gasteiger partial charge < -0.3 is 4.98 Å². The quantitative estimate of drug-likeness (QED) is 0.851. The number of nitrogens with one attached hydrogen (secondary N) is 2. The predicted octanol–water partition coefficient (Wildman–Crippen LogP) is 1.34. The molecule has 19 heavy (non-hydrogen) atoms. The van der Waals surface area contributed by atoms with Crippen LogP contribution < -0.4 is 10.7 Å². The molecule has 0 bridgehead atoms. The second-order valence-electron chi connectivity index (χ2n) is 4.32. The average Bonchev–Trinajstić information content (AvgIpc) is 2.26. The minimum atomic E-state index is -0.522. The van der Waals surface area contributed by atoms with Crippen LogP contribution in [-0.4, -0.2) is 20.9 Å². The molecular weight excluding hydrogens is 244 g/mol. The predicted molar refractivity (Wildman–Crippen MR) is 71.3 cm³/mol. The molecule has 2 aromatic heterocycles. The molecule has 0 aliphatic heterocycles. The van der Waals surface area contributed by atoms with E-state index in [4.69, 9.17) is 0 Å². The molecule has 1 amide bonds. The summed E-state index contributed by atoms with van der Waals surface area (Å²) in [6, 6.07) is 3.17. The fourth-order valence-electron chi connectivity index (χ4n) is 1.70. The van der Waals surface area contributed by atoms with Gasteiger partial charge in [-0.05, 0) is 26.8 Å². The lowest BCUT2D eigenvalue weighted by molar-refractivity contribution is 0.102. The molecule has 2 aromatic rings. The molecule has 0 aliphatic carbocycles. The SMILES string of the molecule is Cc1cc(C)nc(NC(=O)c2c[nH]c(C)cc2=O)n1. The number of anilines is 1. The first-order chi connectivity index (χ1) is 8.95. The Morgan fingerprint density at radius 2 is 1.79 bits per heavy atom. The summed E-state index contributed by atoms with van der Waals surface area (Å²) in [5.74, 6) is -0.325. The number of H-pyrrole nitrogens is 1.